The van der Waals surface area contributed by atoms with E-state index in [1.807, 2.05) is 6.92 Å². The molecule has 0 fully saturated rings. The molecular formula is C18H21NO5S. The van der Waals surface area contributed by atoms with E-state index in [9.17, 15) is 19.5 Å². The zero-order chi connectivity index (χ0) is 18.6. The van der Waals surface area contributed by atoms with Gasteiger partial charge in [0.15, 0.2) is 11.5 Å². The van der Waals surface area contributed by atoms with Crippen LogP contribution < -0.4 is 0 Å². The first-order chi connectivity index (χ1) is 11.8. The van der Waals surface area contributed by atoms with Gasteiger partial charge in [-0.05, 0) is 19.6 Å². The SMILES string of the molecule is CCOC(=O)CN1C(=O)C(SCC)=C(C(=O)c2ccccc2)C1(C)O. The second kappa shape index (κ2) is 7.84. The molecule has 0 aromatic heterocycles. The van der Waals surface area contributed by atoms with E-state index >= 15 is 0 Å². The summed E-state index contributed by atoms with van der Waals surface area (Å²) in [5.74, 6) is -1.05. The Bertz CT molecular complexity index is 711. The van der Waals surface area contributed by atoms with Gasteiger partial charge in [-0.25, -0.2) is 0 Å². The number of carbonyl (C=O) groups is 3. The molecule has 1 atom stereocenters. The van der Waals surface area contributed by atoms with E-state index < -0.39 is 29.9 Å². The van der Waals surface area contributed by atoms with Crippen molar-refractivity contribution in [2.75, 3.05) is 18.9 Å². The van der Waals surface area contributed by atoms with Gasteiger partial charge in [0.2, 0.25) is 0 Å². The third kappa shape index (κ3) is 3.77. The van der Waals surface area contributed by atoms with E-state index in [-0.39, 0.29) is 17.1 Å². The summed E-state index contributed by atoms with van der Waals surface area (Å²) >= 11 is 1.18. The quantitative estimate of drug-likeness (QED) is 0.589. The number of rotatable bonds is 7. The van der Waals surface area contributed by atoms with Crippen LogP contribution in [-0.2, 0) is 14.3 Å². The molecule has 2 rings (SSSR count). The molecule has 1 aromatic rings. The smallest absolute Gasteiger partial charge is 0.325 e. The second-order valence-corrected chi connectivity index (χ2v) is 6.82. The highest BCUT2D eigenvalue weighted by Gasteiger charge is 2.50. The third-order valence-electron chi connectivity index (χ3n) is 3.81. The van der Waals surface area contributed by atoms with Crippen LogP contribution >= 0.6 is 11.8 Å². The first-order valence-electron chi connectivity index (χ1n) is 8.01. The molecule has 0 spiro atoms. The Morgan fingerprint density at radius 3 is 2.44 bits per heavy atom. The molecule has 0 aliphatic carbocycles. The number of hydrogen-bond acceptors (Lipinski definition) is 6. The molecule has 1 amide bonds. The lowest BCUT2D eigenvalue weighted by Crippen LogP contribution is -2.49. The van der Waals surface area contributed by atoms with Crippen molar-refractivity contribution in [1.82, 2.24) is 4.90 Å². The Labute approximate surface area is 150 Å². The summed E-state index contributed by atoms with van der Waals surface area (Å²) in [6.45, 7) is 4.60. The van der Waals surface area contributed by atoms with Gasteiger partial charge in [-0.15, -0.1) is 11.8 Å². The maximum absolute atomic E-state index is 12.9. The van der Waals surface area contributed by atoms with Crippen LogP contribution in [-0.4, -0.2) is 52.3 Å². The molecule has 0 bridgehead atoms. The predicted octanol–water partition coefficient (Wildman–Crippen LogP) is 1.99. The number of carbonyl (C=O) groups excluding carboxylic acids is 3. The largest absolute Gasteiger partial charge is 0.465 e. The molecule has 1 aromatic carbocycles. The number of amides is 1. The van der Waals surface area contributed by atoms with Crippen LogP contribution in [0.5, 0.6) is 0 Å². The fraction of sp³-hybridized carbons (Fsp3) is 0.389. The maximum Gasteiger partial charge on any atom is 0.325 e. The van der Waals surface area contributed by atoms with Crippen molar-refractivity contribution in [3.05, 3.63) is 46.4 Å². The number of aliphatic hydroxyl groups is 1. The minimum atomic E-state index is -1.88. The topological polar surface area (TPSA) is 83.9 Å². The molecule has 0 saturated carbocycles. The van der Waals surface area contributed by atoms with Crippen LogP contribution in [0.1, 0.15) is 31.1 Å². The Morgan fingerprint density at radius 2 is 1.88 bits per heavy atom. The van der Waals surface area contributed by atoms with E-state index in [1.165, 1.54) is 18.7 Å². The maximum atomic E-state index is 12.9. The van der Waals surface area contributed by atoms with E-state index in [0.717, 1.165) is 4.90 Å². The standard InChI is InChI=1S/C18H21NO5S/c1-4-24-13(20)11-19-17(22)16(25-5-2)14(18(19,3)23)15(21)12-9-7-6-8-10-12/h6-10,23H,4-5,11H2,1-3H3. The molecule has 0 saturated heterocycles. The third-order valence-corrected chi connectivity index (χ3v) is 4.77. The molecule has 0 radical (unpaired) electrons. The van der Waals surface area contributed by atoms with Crippen LogP contribution in [0.15, 0.2) is 40.8 Å². The summed E-state index contributed by atoms with van der Waals surface area (Å²) in [7, 11) is 0. The van der Waals surface area contributed by atoms with Gasteiger partial charge < -0.3 is 9.84 Å². The molecule has 1 heterocycles. The lowest BCUT2D eigenvalue weighted by molar-refractivity contribution is -0.157. The van der Waals surface area contributed by atoms with Crippen LogP contribution in [0.25, 0.3) is 0 Å². The summed E-state index contributed by atoms with van der Waals surface area (Å²) in [6, 6.07) is 8.44. The molecule has 1 unspecified atom stereocenters. The summed E-state index contributed by atoms with van der Waals surface area (Å²) < 4.78 is 4.87. The van der Waals surface area contributed by atoms with Crippen molar-refractivity contribution in [2.45, 2.75) is 26.5 Å². The summed E-state index contributed by atoms with van der Waals surface area (Å²) in [5.41, 5.74) is -1.51. The van der Waals surface area contributed by atoms with Gasteiger partial charge in [-0.1, -0.05) is 37.3 Å². The van der Waals surface area contributed by atoms with Crippen LogP contribution in [0.4, 0.5) is 0 Å². The van der Waals surface area contributed by atoms with Crippen molar-refractivity contribution in [3.8, 4) is 0 Å². The van der Waals surface area contributed by atoms with Gasteiger partial charge in [0.1, 0.15) is 6.54 Å². The van der Waals surface area contributed by atoms with Crippen LogP contribution in [0.3, 0.4) is 0 Å². The average molecular weight is 363 g/mol. The van der Waals surface area contributed by atoms with Crippen molar-refractivity contribution in [3.63, 3.8) is 0 Å². The molecule has 1 aliphatic rings. The van der Waals surface area contributed by atoms with Gasteiger partial charge in [-0.2, -0.15) is 0 Å². The molecule has 1 N–H and O–H groups in total. The Balaban J connectivity index is 2.44. The number of hydrogen-bond donors (Lipinski definition) is 1. The second-order valence-electron chi connectivity index (χ2n) is 5.55. The molecule has 1 aliphatic heterocycles. The van der Waals surface area contributed by atoms with Gasteiger partial charge in [-0.3, -0.25) is 19.3 Å². The van der Waals surface area contributed by atoms with Gasteiger partial charge in [0.25, 0.3) is 5.91 Å². The van der Waals surface area contributed by atoms with Gasteiger partial charge >= 0.3 is 5.97 Å². The van der Waals surface area contributed by atoms with Crippen molar-refractivity contribution in [2.24, 2.45) is 0 Å². The molecule has 134 valence electrons. The fourth-order valence-corrected chi connectivity index (χ4v) is 3.62. The monoisotopic (exact) mass is 363 g/mol. The number of esters is 1. The van der Waals surface area contributed by atoms with E-state index in [4.69, 9.17) is 4.74 Å². The summed E-state index contributed by atoms with van der Waals surface area (Å²) in [6.07, 6.45) is 0. The highest BCUT2D eigenvalue weighted by Crippen LogP contribution is 2.40. The lowest BCUT2D eigenvalue weighted by atomic mass is 9.96. The van der Waals surface area contributed by atoms with Crippen molar-refractivity contribution < 1.29 is 24.2 Å². The Kier molecular flexibility index (Phi) is 6.02. The van der Waals surface area contributed by atoms with E-state index in [2.05, 4.69) is 0 Å². The predicted molar refractivity (Wildman–Crippen MR) is 94.9 cm³/mol. The molecule has 6 nitrogen and oxygen atoms in total. The zero-order valence-electron chi connectivity index (χ0n) is 14.4. The van der Waals surface area contributed by atoms with Gasteiger partial charge in [0, 0.05) is 5.56 Å². The molecular weight excluding hydrogens is 342 g/mol. The fourth-order valence-electron chi connectivity index (χ4n) is 2.67. The average Bonchev–Trinajstić information content (AvgIpc) is 2.76. The molecule has 7 heteroatoms. The zero-order valence-corrected chi connectivity index (χ0v) is 15.3. The number of ether oxygens (including phenoxy) is 1. The minimum Gasteiger partial charge on any atom is -0.465 e. The van der Waals surface area contributed by atoms with Crippen molar-refractivity contribution >= 4 is 29.4 Å². The Morgan fingerprint density at radius 1 is 1.24 bits per heavy atom. The van der Waals surface area contributed by atoms with E-state index in [1.54, 1.807) is 37.3 Å². The number of nitrogens with zero attached hydrogens (tertiary/aromatic N) is 1. The van der Waals surface area contributed by atoms with Crippen LogP contribution in [0, 0.1) is 0 Å². The number of ketones is 1. The van der Waals surface area contributed by atoms with Gasteiger partial charge in [0.05, 0.1) is 17.1 Å². The first-order valence-corrected chi connectivity index (χ1v) is 9.00. The van der Waals surface area contributed by atoms with Crippen LogP contribution in [0.2, 0.25) is 0 Å². The van der Waals surface area contributed by atoms with Crippen molar-refractivity contribution in [1.29, 1.82) is 0 Å². The first kappa shape index (κ1) is 19.2. The summed E-state index contributed by atoms with van der Waals surface area (Å²) in [5, 5.41) is 10.9. The highest BCUT2D eigenvalue weighted by molar-refractivity contribution is 8.04. The number of thioether (sulfide) groups is 1. The highest BCUT2D eigenvalue weighted by atomic mass is 32.2. The normalized spacial score (nSPS) is 20.2. The number of Topliss-reactive ketones (excluding diaryl/α,β-unsaturated/α-hetero) is 1. The minimum absolute atomic E-state index is 0.000140. The Hall–Kier alpha value is -2.12. The van der Waals surface area contributed by atoms with E-state index in [0.29, 0.717) is 11.3 Å². The number of benzene rings is 1. The molecule has 25 heavy (non-hydrogen) atoms. The summed E-state index contributed by atoms with van der Waals surface area (Å²) in [4.78, 5) is 38.6. The lowest BCUT2D eigenvalue weighted by Gasteiger charge is -2.31.